The Labute approximate surface area is 125 Å². The second-order valence-electron chi connectivity index (χ2n) is 4.58. The van der Waals surface area contributed by atoms with E-state index in [1.165, 1.54) is 0 Å². The zero-order valence-electron chi connectivity index (χ0n) is 11.7. The van der Waals surface area contributed by atoms with Crippen LogP contribution in [0.5, 0.6) is 17.4 Å². The predicted molar refractivity (Wildman–Crippen MR) is 79.2 cm³/mol. The van der Waals surface area contributed by atoms with Crippen LogP contribution in [0.2, 0.25) is 0 Å². The summed E-state index contributed by atoms with van der Waals surface area (Å²) in [5, 5.41) is 12.3. The van der Waals surface area contributed by atoms with Gasteiger partial charge < -0.3 is 9.47 Å². The molecule has 4 rings (SSSR count). The lowest BCUT2D eigenvalue weighted by molar-refractivity contribution is 0.376. The third-order valence-corrected chi connectivity index (χ3v) is 3.29. The van der Waals surface area contributed by atoms with E-state index in [0.29, 0.717) is 23.2 Å². The molecule has 0 saturated heterocycles. The van der Waals surface area contributed by atoms with Crippen molar-refractivity contribution >= 4 is 16.7 Å². The number of rotatable bonds is 3. The van der Waals surface area contributed by atoms with Gasteiger partial charge in [0.2, 0.25) is 5.88 Å². The van der Waals surface area contributed by atoms with Crippen LogP contribution in [-0.4, -0.2) is 32.1 Å². The van der Waals surface area contributed by atoms with E-state index >= 15 is 0 Å². The Kier molecular flexibility index (Phi) is 2.82. The maximum absolute atomic E-state index is 5.95. The molecule has 0 aliphatic rings. The van der Waals surface area contributed by atoms with Crippen LogP contribution in [0, 0.1) is 0 Å². The van der Waals surface area contributed by atoms with Gasteiger partial charge in [0.15, 0.2) is 11.5 Å². The van der Waals surface area contributed by atoms with Crippen LogP contribution < -0.4 is 9.47 Å². The van der Waals surface area contributed by atoms with Gasteiger partial charge in [-0.3, -0.25) is 0 Å². The van der Waals surface area contributed by atoms with Gasteiger partial charge in [0.05, 0.1) is 18.0 Å². The molecule has 0 unspecified atom stereocenters. The van der Waals surface area contributed by atoms with E-state index in [0.717, 1.165) is 10.9 Å². The normalized spacial score (nSPS) is 11.0. The second-order valence-corrected chi connectivity index (χ2v) is 4.58. The van der Waals surface area contributed by atoms with Gasteiger partial charge in [-0.15, -0.1) is 0 Å². The first kappa shape index (κ1) is 12.5. The van der Waals surface area contributed by atoms with Crippen molar-refractivity contribution in [2.45, 2.75) is 0 Å². The predicted octanol–water partition coefficient (Wildman–Crippen LogP) is 2.47. The largest absolute Gasteiger partial charge is 0.493 e. The summed E-state index contributed by atoms with van der Waals surface area (Å²) >= 11 is 0. The molecule has 4 aromatic rings. The fourth-order valence-corrected chi connectivity index (χ4v) is 2.28. The highest BCUT2D eigenvalue weighted by Gasteiger charge is 2.13. The molecule has 0 aliphatic carbocycles. The lowest BCUT2D eigenvalue weighted by Crippen LogP contribution is -1.98. The van der Waals surface area contributed by atoms with E-state index in [-0.39, 0.29) is 0 Å². The summed E-state index contributed by atoms with van der Waals surface area (Å²) < 4.78 is 12.8. The molecule has 0 spiro atoms. The SMILES string of the molecule is COc1ccccc1Oc1nc2nnnn2c2ccccc12. The van der Waals surface area contributed by atoms with Gasteiger partial charge >= 0.3 is 0 Å². The highest BCUT2D eigenvalue weighted by Crippen LogP contribution is 2.33. The molecule has 0 bridgehead atoms. The van der Waals surface area contributed by atoms with Gasteiger partial charge in [0.1, 0.15) is 0 Å². The summed E-state index contributed by atoms with van der Waals surface area (Å²) in [6, 6.07) is 15.0. The van der Waals surface area contributed by atoms with Crippen molar-refractivity contribution in [3.63, 3.8) is 0 Å². The fraction of sp³-hybridized carbons (Fsp3) is 0.0667. The average molecular weight is 293 g/mol. The number of fused-ring (bicyclic) bond motifs is 3. The quantitative estimate of drug-likeness (QED) is 0.577. The number of nitrogens with zero attached hydrogens (tertiary/aromatic N) is 5. The molecule has 0 N–H and O–H groups in total. The third-order valence-electron chi connectivity index (χ3n) is 3.29. The molecule has 0 amide bonds. The van der Waals surface area contributed by atoms with E-state index in [1.54, 1.807) is 11.6 Å². The number of hydrogen-bond donors (Lipinski definition) is 0. The highest BCUT2D eigenvalue weighted by molar-refractivity contribution is 5.85. The molecule has 0 fully saturated rings. The smallest absolute Gasteiger partial charge is 0.277 e. The molecule has 0 atom stereocenters. The zero-order valence-corrected chi connectivity index (χ0v) is 11.7. The van der Waals surface area contributed by atoms with E-state index < -0.39 is 0 Å². The molecular formula is C15H11N5O2. The standard InChI is InChI=1S/C15H11N5O2/c1-21-12-8-4-5-9-13(12)22-14-10-6-2-3-7-11(10)20-15(16-14)17-18-19-20/h2-9H,1H3. The zero-order chi connectivity index (χ0) is 14.9. The van der Waals surface area contributed by atoms with Crippen LogP contribution >= 0.6 is 0 Å². The number of tetrazole rings is 1. The highest BCUT2D eigenvalue weighted by atomic mass is 16.5. The van der Waals surface area contributed by atoms with Gasteiger partial charge in [0, 0.05) is 0 Å². The molecule has 2 aromatic carbocycles. The Hall–Kier alpha value is -3.22. The lowest BCUT2D eigenvalue weighted by atomic mass is 10.2. The monoisotopic (exact) mass is 293 g/mol. The molecule has 7 nitrogen and oxygen atoms in total. The maximum Gasteiger partial charge on any atom is 0.277 e. The first-order valence-corrected chi connectivity index (χ1v) is 6.64. The van der Waals surface area contributed by atoms with Crippen LogP contribution in [0.15, 0.2) is 48.5 Å². The number of hydrogen-bond acceptors (Lipinski definition) is 6. The van der Waals surface area contributed by atoms with E-state index in [9.17, 15) is 0 Å². The fourth-order valence-electron chi connectivity index (χ4n) is 2.28. The van der Waals surface area contributed by atoms with Crippen LogP contribution in [0.25, 0.3) is 16.7 Å². The summed E-state index contributed by atoms with van der Waals surface area (Å²) in [6.45, 7) is 0. The molecule has 7 heteroatoms. The average Bonchev–Trinajstić information content (AvgIpc) is 3.04. The Bertz CT molecular complexity index is 966. The van der Waals surface area contributed by atoms with Gasteiger partial charge in [-0.1, -0.05) is 29.4 Å². The lowest BCUT2D eigenvalue weighted by Gasteiger charge is -2.11. The number of methoxy groups -OCH3 is 1. The summed E-state index contributed by atoms with van der Waals surface area (Å²) in [5.41, 5.74) is 0.822. The summed E-state index contributed by atoms with van der Waals surface area (Å²) in [5.74, 6) is 2.03. The Morgan fingerprint density at radius 3 is 2.59 bits per heavy atom. The Balaban J connectivity index is 1.93. The van der Waals surface area contributed by atoms with Crippen molar-refractivity contribution in [3.05, 3.63) is 48.5 Å². The molecule has 2 aromatic heterocycles. The topological polar surface area (TPSA) is 74.4 Å². The number of ether oxygens (including phenoxy) is 2. The van der Waals surface area contributed by atoms with Crippen molar-refractivity contribution in [3.8, 4) is 17.4 Å². The van der Waals surface area contributed by atoms with Crippen molar-refractivity contribution in [1.29, 1.82) is 0 Å². The Morgan fingerprint density at radius 1 is 0.955 bits per heavy atom. The minimum Gasteiger partial charge on any atom is -0.493 e. The molecule has 2 heterocycles. The minimum atomic E-state index is 0.378. The maximum atomic E-state index is 5.95. The number of aromatic nitrogens is 5. The summed E-state index contributed by atoms with van der Waals surface area (Å²) in [7, 11) is 1.60. The van der Waals surface area contributed by atoms with Crippen molar-refractivity contribution in [2.24, 2.45) is 0 Å². The van der Waals surface area contributed by atoms with Crippen LogP contribution in [0.1, 0.15) is 0 Å². The molecule has 0 saturated carbocycles. The summed E-state index contributed by atoms with van der Waals surface area (Å²) in [6.07, 6.45) is 0. The van der Waals surface area contributed by atoms with E-state index in [4.69, 9.17) is 9.47 Å². The first-order valence-electron chi connectivity index (χ1n) is 6.64. The minimum absolute atomic E-state index is 0.378. The van der Waals surface area contributed by atoms with Gasteiger partial charge in [0.25, 0.3) is 5.78 Å². The number of benzene rings is 2. The van der Waals surface area contributed by atoms with Gasteiger partial charge in [-0.05, 0) is 34.7 Å². The van der Waals surface area contributed by atoms with E-state index in [2.05, 4.69) is 20.5 Å². The van der Waals surface area contributed by atoms with Crippen molar-refractivity contribution < 1.29 is 9.47 Å². The molecule has 22 heavy (non-hydrogen) atoms. The van der Waals surface area contributed by atoms with Crippen molar-refractivity contribution in [2.75, 3.05) is 7.11 Å². The van der Waals surface area contributed by atoms with E-state index in [1.807, 2.05) is 48.5 Å². The molecule has 108 valence electrons. The van der Waals surface area contributed by atoms with Gasteiger partial charge in [-0.2, -0.15) is 9.50 Å². The van der Waals surface area contributed by atoms with Crippen LogP contribution in [0.4, 0.5) is 0 Å². The Morgan fingerprint density at radius 2 is 1.73 bits per heavy atom. The van der Waals surface area contributed by atoms with Gasteiger partial charge in [-0.25, -0.2) is 0 Å². The second kappa shape index (κ2) is 4.96. The van der Waals surface area contributed by atoms with Crippen molar-refractivity contribution in [1.82, 2.24) is 25.0 Å². The summed E-state index contributed by atoms with van der Waals surface area (Å²) in [4.78, 5) is 4.38. The first-order chi connectivity index (χ1) is 10.9. The molecular weight excluding hydrogens is 282 g/mol. The molecule has 0 aliphatic heterocycles. The molecule has 0 radical (unpaired) electrons. The number of para-hydroxylation sites is 3. The van der Waals surface area contributed by atoms with Crippen LogP contribution in [0.3, 0.4) is 0 Å². The third kappa shape index (κ3) is 1.91. The van der Waals surface area contributed by atoms with Crippen LogP contribution in [-0.2, 0) is 0 Å².